The first-order valence-electron chi connectivity index (χ1n) is 3.87. The summed E-state index contributed by atoms with van der Waals surface area (Å²) in [5.74, 6) is -0.180. The minimum atomic E-state index is -0.180. The van der Waals surface area contributed by atoms with Crippen LogP contribution in [-0.2, 0) is 4.79 Å². The Morgan fingerprint density at radius 1 is 1.64 bits per heavy atom. The predicted octanol–water partition coefficient (Wildman–Crippen LogP) is 0.579. The van der Waals surface area contributed by atoms with Gasteiger partial charge in [-0.05, 0) is 0 Å². The molecular formula is C7H7N5OS. The van der Waals surface area contributed by atoms with Gasteiger partial charge in [-0.25, -0.2) is 14.6 Å². The molecule has 0 radical (unpaired) electrons. The van der Waals surface area contributed by atoms with Crippen molar-refractivity contribution in [3.63, 3.8) is 0 Å². The number of aromatic amines is 1. The van der Waals surface area contributed by atoms with Crippen LogP contribution in [-0.4, -0.2) is 25.5 Å². The lowest BCUT2D eigenvalue weighted by Crippen LogP contribution is -2.18. The molecule has 0 saturated heterocycles. The standard InChI is InChI=1S/C7H7N5OS/c1-4(13)11-12-3-10-5-6(12)8-2-9-7(5)14/h2-3H,1H3,(H,11,13)(H,8,9,14). The lowest BCUT2D eigenvalue weighted by molar-refractivity contribution is -0.115. The van der Waals surface area contributed by atoms with Crippen LogP contribution in [0.5, 0.6) is 0 Å². The first-order chi connectivity index (χ1) is 6.68. The monoisotopic (exact) mass is 209 g/mol. The van der Waals surface area contributed by atoms with Crippen molar-refractivity contribution in [2.75, 3.05) is 5.43 Å². The van der Waals surface area contributed by atoms with E-state index in [1.165, 1.54) is 24.3 Å². The Labute approximate surface area is 84.0 Å². The number of hydrogen-bond acceptors (Lipinski definition) is 4. The molecule has 2 heterocycles. The molecule has 0 spiro atoms. The first-order valence-corrected chi connectivity index (χ1v) is 4.27. The minimum Gasteiger partial charge on any atom is -0.329 e. The number of carbonyl (C=O) groups is 1. The minimum absolute atomic E-state index is 0.180. The number of H-pyrrole nitrogens is 1. The summed E-state index contributed by atoms with van der Waals surface area (Å²) in [4.78, 5) is 21.6. The maximum Gasteiger partial charge on any atom is 0.235 e. The van der Waals surface area contributed by atoms with E-state index >= 15 is 0 Å². The van der Waals surface area contributed by atoms with Crippen LogP contribution < -0.4 is 5.43 Å². The summed E-state index contributed by atoms with van der Waals surface area (Å²) >= 11 is 4.96. The molecule has 6 nitrogen and oxygen atoms in total. The third kappa shape index (κ3) is 1.37. The van der Waals surface area contributed by atoms with Crippen molar-refractivity contribution >= 4 is 29.3 Å². The molecule has 14 heavy (non-hydrogen) atoms. The molecule has 0 aliphatic heterocycles. The van der Waals surface area contributed by atoms with Gasteiger partial charge in [0.1, 0.15) is 11.8 Å². The molecule has 0 unspecified atom stereocenters. The molecule has 2 aromatic heterocycles. The van der Waals surface area contributed by atoms with Crippen molar-refractivity contribution in [1.82, 2.24) is 19.6 Å². The summed E-state index contributed by atoms with van der Waals surface area (Å²) < 4.78 is 1.87. The van der Waals surface area contributed by atoms with Crippen LogP contribution in [0.4, 0.5) is 0 Å². The fourth-order valence-corrected chi connectivity index (χ4v) is 1.31. The molecule has 72 valence electrons. The number of imidazole rings is 1. The number of nitrogens with zero attached hydrogens (tertiary/aromatic N) is 3. The van der Waals surface area contributed by atoms with Crippen LogP contribution in [0.1, 0.15) is 6.92 Å². The largest absolute Gasteiger partial charge is 0.329 e. The maximum atomic E-state index is 10.8. The van der Waals surface area contributed by atoms with Crippen molar-refractivity contribution in [1.29, 1.82) is 0 Å². The summed E-state index contributed by atoms with van der Waals surface area (Å²) in [7, 11) is 0. The Kier molecular flexibility index (Phi) is 2.01. The van der Waals surface area contributed by atoms with Gasteiger partial charge in [-0.1, -0.05) is 12.2 Å². The van der Waals surface area contributed by atoms with E-state index in [-0.39, 0.29) is 5.91 Å². The van der Waals surface area contributed by atoms with Crippen molar-refractivity contribution in [3.8, 4) is 0 Å². The Morgan fingerprint density at radius 3 is 3.14 bits per heavy atom. The molecule has 2 aromatic rings. The molecule has 0 fully saturated rings. The smallest absolute Gasteiger partial charge is 0.235 e. The highest BCUT2D eigenvalue weighted by Crippen LogP contribution is 2.07. The lowest BCUT2D eigenvalue weighted by Gasteiger charge is -2.02. The molecule has 7 heteroatoms. The van der Waals surface area contributed by atoms with Gasteiger partial charge in [0, 0.05) is 6.92 Å². The topological polar surface area (TPSA) is 75.6 Å². The molecular weight excluding hydrogens is 202 g/mol. The number of nitrogens with one attached hydrogen (secondary N) is 2. The molecule has 0 aliphatic carbocycles. The van der Waals surface area contributed by atoms with Gasteiger partial charge in [-0.2, -0.15) is 0 Å². The van der Waals surface area contributed by atoms with Gasteiger partial charge in [-0.15, -0.1) is 0 Å². The van der Waals surface area contributed by atoms with Crippen LogP contribution in [0.15, 0.2) is 12.7 Å². The Hall–Kier alpha value is -1.76. The highest BCUT2D eigenvalue weighted by Gasteiger charge is 2.04. The Bertz CT molecular complexity index is 542. The average molecular weight is 209 g/mol. The van der Waals surface area contributed by atoms with E-state index in [4.69, 9.17) is 12.2 Å². The number of hydrogen-bond donors (Lipinski definition) is 2. The number of amides is 1. The van der Waals surface area contributed by atoms with E-state index in [9.17, 15) is 4.79 Å². The second-order valence-electron chi connectivity index (χ2n) is 2.69. The number of carbonyl (C=O) groups excluding carboxylic acids is 1. The average Bonchev–Trinajstić information content (AvgIpc) is 2.49. The van der Waals surface area contributed by atoms with Gasteiger partial charge in [0.15, 0.2) is 10.3 Å². The van der Waals surface area contributed by atoms with Gasteiger partial charge in [0.25, 0.3) is 0 Å². The van der Waals surface area contributed by atoms with Crippen LogP contribution in [0.2, 0.25) is 0 Å². The number of rotatable bonds is 1. The van der Waals surface area contributed by atoms with Gasteiger partial charge >= 0.3 is 0 Å². The van der Waals surface area contributed by atoms with E-state index in [1.54, 1.807) is 0 Å². The van der Waals surface area contributed by atoms with E-state index in [0.717, 1.165) is 0 Å². The quantitative estimate of drug-likeness (QED) is 0.673. The fraction of sp³-hybridized carbons (Fsp3) is 0.143. The van der Waals surface area contributed by atoms with Gasteiger partial charge in [0.2, 0.25) is 5.91 Å². The summed E-state index contributed by atoms with van der Waals surface area (Å²) in [5, 5.41) is 0. The molecule has 1 amide bonds. The van der Waals surface area contributed by atoms with E-state index in [1.807, 2.05) is 0 Å². The molecule has 0 atom stereocenters. The van der Waals surface area contributed by atoms with E-state index < -0.39 is 0 Å². The highest BCUT2D eigenvalue weighted by atomic mass is 32.1. The van der Waals surface area contributed by atoms with Crippen LogP contribution in [0.3, 0.4) is 0 Å². The number of aromatic nitrogens is 4. The molecule has 0 aliphatic rings. The summed E-state index contributed by atoms with van der Waals surface area (Å²) in [6, 6.07) is 0. The van der Waals surface area contributed by atoms with Crippen molar-refractivity contribution in [2.45, 2.75) is 6.92 Å². The zero-order valence-electron chi connectivity index (χ0n) is 7.31. The van der Waals surface area contributed by atoms with Gasteiger partial charge in [-0.3, -0.25) is 10.2 Å². The molecule has 0 aromatic carbocycles. The zero-order chi connectivity index (χ0) is 10.1. The van der Waals surface area contributed by atoms with Crippen molar-refractivity contribution in [2.24, 2.45) is 0 Å². The summed E-state index contributed by atoms with van der Waals surface area (Å²) in [6.07, 6.45) is 2.94. The van der Waals surface area contributed by atoms with Crippen molar-refractivity contribution in [3.05, 3.63) is 17.3 Å². The SMILES string of the molecule is CC(=O)Nn1cnc2c(=S)nc[nH]c21. The van der Waals surface area contributed by atoms with E-state index in [0.29, 0.717) is 15.8 Å². The summed E-state index contributed by atoms with van der Waals surface area (Å²) in [6.45, 7) is 1.42. The second-order valence-corrected chi connectivity index (χ2v) is 3.07. The van der Waals surface area contributed by atoms with Crippen LogP contribution in [0, 0.1) is 4.64 Å². The Balaban J connectivity index is 2.64. The van der Waals surface area contributed by atoms with Crippen molar-refractivity contribution < 1.29 is 4.79 Å². The second kappa shape index (κ2) is 3.18. The van der Waals surface area contributed by atoms with E-state index in [2.05, 4.69) is 20.4 Å². The summed E-state index contributed by atoms with van der Waals surface area (Å²) in [5.41, 5.74) is 3.76. The van der Waals surface area contributed by atoms with Crippen LogP contribution in [0.25, 0.3) is 11.2 Å². The third-order valence-electron chi connectivity index (χ3n) is 1.63. The molecule has 2 N–H and O–H groups in total. The third-order valence-corrected chi connectivity index (χ3v) is 1.93. The highest BCUT2D eigenvalue weighted by molar-refractivity contribution is 7.71. The molecule has 0 bridgehead atoms. The fourth-order valence-electron chi connectivity index (χ4n) is 1.11. The van der Waals surface area contributed by atoms with Gasteiger partial charge in [0.05, 0.1) is 6.33 Å². The molecule has 0 saturated carbocycles. The number of fused-ring (bicyclic) bond motifs is 1. The maximum absolute atomic E-state index is 10.8. The zero-order valence-corrected chi connectivity index (χ0v) is 8.13. The lowest BCUT2D eigenvalue weighted by atomic mass is 10.6. The normalized spacial score (nSPS) is 10.4. The van der Waals surface area contributed by atoms with Gasteiger partial charge < -0.3 is 4.98 Å². The Morgan fingerprint density at radius 2 is 2.43 bits per heavy atom. The van der Waals surface area contributed by atoms with Crippen LogP contribution >= 0.6 is 12.2 Å². The predicted molar refractivity (Wildman–Crippen MR) is 52.8 cm³/mol. The first kappa shape index (κ1) is 8.82. The molecule has 2 rings (SSSR count).